The minimum Gasteiger partial charge on any atom is -0.399 e. The zero-order valence-electron chi connectivity index (χ0n) is 5.79. The lowest BCUT2D eigenvalue weighted by Gasteiger charge is -1.94. The Morgan fingerprint density at radius 3 is 2.09 bits per heavy atom. The second-order valence-electron chi connectivity index (χ2n) is 2.18. The number of carbonyl (C=O) groups is 1. The Balaban J connectivity index is 0.000001000. The van der Waals surface area contributed by atoms with Gasteiger partial charge in [-0.25, -0.2) is 0 Å². The van der Waals surface area contributed by atoms with E-state index in [-0.39, 0.29) is 13.2 Å². The number of carbonyl (C=O) groups excluding carboxylic acids is 1. The zero-order chi connectivity index (χ0) is 7.56. The van der Waals surface area contributed by atoms with Crippen LogP contribution >= 0.6 is 0 Å². The van der Waals surface area contributed by atoms with E-state index in [0.29, 0.717) is 11.3 Å². The Bertz CT molecular complexity index is 238. The molecule has 0 saturated carbocycles. The molecule has 0 bridgehead atoms. The minimum atomic E-state index is 0. The van der Waals surface area contributed by atoms with Crippen LogP contribution in [0.3, 0.4) is 0 Å². The van der Waals surface area contributed by atoms with Crippen LogP contribution in [0.1, 0.15) is 24.7 Å². The molecule has 1 aromatic rings. The van der Waals surface area contributed by atoms with Crippen LogP contribution in [0.15, 0.2) is 24.3 Å². The highest BCUT2D eigenvalue weighted by atomic mass is 16.1. The van der Waals surface area contributed by atoms with Crippen molar-refractivity contribution in [1.29, 1.82) is 0 Å². The van der Waals surface area contributed by atoms with Gasteiger partial charge in [0.25, 0.3) is 0 Å². The molecule has 0 aliphatic carbocycles. The number of rotatable bonds is 1. The van der Waals surface area contributed by atoms with Crippen LogP contribution in [0.25, 0.3) is 0 Å². The fourth-order valence-corrected chi connectivity index (χ4v) is 0.718. The number of hydrogen-bond donors (Lipinski definition) is 1. The van der Waals surface area contributed by atoms with Crippen molar-refractivity contribution in [2.75, 3.05) is 5.73 Å². The van der Waals surface area contributed by atoms with Crippen molar-refractivity contribution in [1.82, 2.24) is 0 Å². The Morgan fingerprint density at radius 2 is 1.73 bits per heavy atom. The van der Waals surface area contributed by atoms with Crippen molar-refractivity contribution >= 4 is 11.5 Å². The number of benzene rings is 1. The summed E-state index contributed by atoms with van der Waals surface area (Å²) in [6.45, 7) is 1.53. The summed E-state index contributed by atoms with van der Waals surface area (Å²) in [6.07, 6.45) is 0. The molecule has 0 amide bonds. The molecule has 0 heterocycles. The third kappa shape index (κ3) is 2.42. The van der Waals surface area contributed by atoms with Gasteiger partial charge in [-0.3, -0.25) is 4.79 Å². The predicted octanol–water partition coefficient (Wildman–Crippen LogP) is 2.11. The Labute approximate surface area is 67.0 Å². The molecule has 0 aromatic heterocycles. The Kier molecular flexibility index (Phi) is 3.31. The zero-order valence-corrected chi connectivity index (χ0v) is 5.79. The minimum absolute atomic E-state index is 0. The van der Waals surface area contributed by atoms with Crippen LogP contribution in [0.5, 0.6) is 0 Å². The highest BCUT2D eigenvalue weighted by Crippen LogP contribution is 2.05. The number of hydrogen-bond acceptors (Lipinski definition) is 2. The fraction of sp³-hybridized carbons (Fsp3) is 0.222. The third-order valence-electron chi connectivity index (χ3n) is 1.32. The van der Waals surface area contributed by atoms with Crippen LogP contribution in [-0.2, 0) is 0 Å². The SMILES string of the molecule is C.CC(=O)c1ccc(N)cc1. The van der Waals surface area contributed by atoms with E-state index in [1.165, 1.54) is 6.92 Å². The molecule has 2 N–H and O–H groups in total. The van der Waals surface area contributed by atoms with E-state index in [9.17, 15) is 4.79 Å². The average molecular weight is 151 g/mol. The van der Waals surface area contributed by atoms with Crippen LogP contribution in [0.4, 0.5) is 5.69 Å². The summed E-state index contributed by atoms with van der Waals surface area (Å²) in [6, 6.07) is 6.88. The van der Waals surface area contributed by atoms with E-state index in [0.717, 1.165) is 0 Å². The molecule has 1 aromatic carbocycles. The first-order valence-electron chi connectivity index (χ1n) is 3.06. The molecule has 2 nitrogen and oxygen atoms in total. The van der Waals surface area contributed by atoms with Gasteiger partial charge >= 0.3 is 0 Å². The summed E-state index contributed by atoms with van der Waals surface area (Å²) in [7, 11) is 0. The lowest BCUT2D eigenvalue weighted by Crippen LogP contribution is -1.91. The first kappa shape index (κ1) is 9.69. The van der Waals surface area contributed by atoms with Crippen LogP contribution in [0, 0.1) is 0 Å². The lowest BCUT2D eigenvalue weighted by molar-refractivity contribution is 0.101. The second-order valence-corrected chi connectivity index (χ2v) is 2.18. The Hall–Kier alpha value is -1.31. The van der Waals surface area contributed by atoms with Crippen molar-refractivity contribution in [2.24, 2.45) is 0 Å². The largest absolute Gasteiger partial charge is 0.399 e. The molecule has 1 rings (SSSR count). The Morgan fingerprint density at radius 1 is 1.27 bits per heavy atom. The smallest absolute Gasteiger partial charge is 0.159 e. The van der Waals surface area contributed by atoms with Crippen LogP contribution in [-0.4, -0.2) is 5.78 Å². The van der Waals surface area contributed by atoms with E-state index >= 15 is 0 Å². The maximum Gasteiger partial charge on any atom is 0.159 e. The van der Waals surface area contributed by atoms with Gasteiger partial charge in [0.15, 0.2) is 5.78 Å². The van der Waals surface area contributed by atoms with Crippen molar-refractivity contribution < 1.29 is 4.79 Å². The molecule has 11 heavy (non-hydrogen) atoms. The molecule has 0 radical (unpaired) electrons. The first-order chi connectivity index (χ1) is 4.70. The summed E-state index contributed by atoms with van der Waals surface area (Å²) in [5.74, 6) is 0.0694. The van der Waals surface area contributed by atoms with Crippen molar-refractivity contribution in [3.05, 3.63) is 29.8 Å². The summed E-state index contributed by atoms with van der Waals surface area (Å²) in [4.78, 5) is 10.7. The summed E-state index contributed by atoms with van der Waals surface area (Å²) in [5, 5.41) is 0. The number of nitrogens with two attached hydrogens (primary N) is 1. The van der Waals surface area contributed by atoms with Gasteiger partial charge in [-0.1, -0.05) is 7.43 Å². The molecular formula is C9H13NO. The molecule has 2 heteroatoms. The van der Waals surface area contributed by atoms with E-state index in [2.05, 4.69) is 0 Å². The maximum atomic E-state index is 10.7. The van der Waals surface area contributed by atoms with Gasteiger partial charge in [0.2, 0.25) is 0 Å². The van der Waals surface area contributed by atoms with E-state index in [4.69, 9.17) is 5.73 Å². The van der Waals surface area contributed by atoms with E-state index < -0.39 is 0 Å². The molecule has 0 spiro atoms. The van der Waals surface area contributed by atoms with Gasteiger partial charge in [0, 0.05) is 11.3 Å². The number of ketones is 1. The molecular weight excluding hydrogens is 138 g/mol. The molecule has 0 aliphatic heterocycles. The predicted molar refractivity (Wildman–Crippen MR) is 47.6 cm³/mol. The highest BCUT2D eigenvalue weighted by molar-refractivity contribution is 5.94. The summed E-state index contributed by atoms with van der Waals surface area (Å²) >= 11 is 0. The third-order valence-corrected chi connectivity index (χ3v) is 1.32. The summed E-state index contributed by atoms with van der Waals surface area (Å²) in [5.41, 5.74) is 6.80. The van der Waals surface area contributed by atoms with Gasteiger partial charge in [-0.2, -0.15) is 0 Å². The van der Waals surface area contributed by atoms with Gasteiger partial charge in [0.1, 0.15) is 0 Å². The topological polar surface area (TPSA) is 43.1 Å². The molecule has 0 atom stereocenters. The van der Waals surface area contributed by atoms with Crippen molar-refractivity contribution in [2.45, 2.75) is 14.4 Å². The summed E-state index contributed by atoms with van der Waals surface area (Å²) < 4.78 is 0. The van der Waals surface area contributed by atoms with Crippen molar-refractivity contribution in [3.8, 4) is 0 Å². The molecule has 0 saturated heterocycles. The highest BCUT2D eigenvalue weighted by Gasteiger charge is 1.95. The first-order valence-corrected chi connectivity index (χ1v) is 3.06. The molecule has 0 aliphatic rings. The second kappa shape index (κ2) is 3.76. The standard InChI is InChI=1S/C8H9NO.CH4/c1-6(10)7-2-4-8(9)5-3-7;/h2-5H,9H2,1H3;1H4. The normalized spacial score (nSPS) is 8.45. The van der Waals surface area contributed by atoms with Crippen LogP contribution < -0.4 is 5.73 Å². The molecule has 0 unspecified atom stereocenters. The average Bonchev–Trinajstić information content (AvgIpc) is 1.88. The fourth-order valence-electron chi connectivity index (χ4n) is 0.718. The van der Waals surface area contributed by atoms with Gasteiger partial charge in [0.05, 0.1) is 0 Å². The lowest BCUT2D eigenvalue weighted by atomic mass is 10.1. The molecule has 60 valence electrons. The van der Waals surface area contributed by atoms with Crippen molar-refractivity contribution in [3.63, 3.8) is 0 Å². The monoisotopic (exact) mass is 151 g/mol. The van der Waals surface area contributed by atoms with Gasteiger partial charge in [-0.15, -0.1) is 0 Å². The number of anilines is 1. The van der Waals surface area contributed by atoms with Gasteiger partial charge < -0.3 is 5.73 Å². The van der Waals surface area contributed by atoms with E-state index in [1.807, 2.05) is 0 Å². The van der Waals surface area contributed by atoms with Crippen LogP contribution in [0.2, 0.25) is 0 Å². The van der Waals surface area contributed by atoms with E-state index in [1.54, 1.807) is 24.3 Å². The quantitative estimate of drug-likeness (QED) is 0.493. The number of nitrogen functional groups attached to an aromatic ring is 1. The maximum absolute atomic E-state index is 10.7. The van der Waals surface area contributed by atoms with Gasteiger partial charge in [-0.05, 0) is 31.2 Å². The number of Topliss-reactive ketones (excluding diaryl/α,β-unsaturated/α-hetero) is 1. The molecule has 0 fully saturated rings.